The van der Waals surface area contributed by atoms with Crippen molar-refractivity contribution in [3.8, 4) is 16.3 Å². The van der Waals surface area contributed by atoms with Gasteiger partial charge in [-0.25, -0.2) is 4.98 Å². The van der Waals surface area contributed by atoms with Gasteiger partial charge >= 0.3 is 0 Å². The molecule has 2 aromatic rings. The van der Waals surface area contributed by atoms with Crippen LogP contribution in [-0.2, 0) is 11.2 Å². The largest absolute Gasteiger partial charge is 0.497 e. The summed E-state index contributed by atoms with van der Waals surface area (Å²) in [4.78, 5) is 18.7. The molecule has 1 fully saturated rings. The fourth-order valence-corrected chi connectivity index (χ4v) is 3.69. The fraction of sp³-hybridized carbons (Fsp3) is 0.412. The first kappa shape index (κ1) is 16.0. The van der Waals surface area contributed by atoms with Crippen LogP contribution >= 0.6 is 11.3 Å². The van der Waals surface area contributed by atoms with Gasteiger partial charge in [-0.1, -0.05) is 0 Å². The van der Waals surface area contributed by atoms with Crippen LogP contribution in [0.3, 0.4) is 0 Å². The molecule has 6 heteroatoms. The van der Waals surface area contributed by atoms with E-state index in [-0.39, 0.29) is 18.6 Å². The number of likely N-dealkylation sites (tertiary alicyclic amines) is 1. The maximum atomic E-state index is 12.4. The number of hydrogen-bond acceptors (Lipinski definition) is 5. The van der Waals surface area contributed by atoms with E-state index in [4.69, 9.17) is 4.74 Å². The van der Waals surface area contributed by atoms with Gasteiger partial charge in [0.05, 0.1) is 31.9 Å². The first-order chi connectivity index (χ1) is 11.2. The number of thiazole rings is 1. The van der Waals surface area contributed by atoms with Gasteiger partial charge in [0.2, 0.25) is 5.91 Å². The van der Waals surface area contributed by atoms with Crippen LogP contribution in [0, 0.1) is 0 Å². The van der Waals surface area contributed by atoms with Gasteiger partial charge in [0, 0.05) is 17.5 Å². The Bertz CT molecular complexity index is 669. The van der Waals surface area contributed by atoms with Crippen molar-refractivity contribution in [3.63, 3.8) is 0 Å². The number of ether oxygens (including phenoxy) is 1. The Morgan fingerprint density at radius 3 is 2.91 bits per heavy atom. The fourth-order valence-electron chi connectivity index (χ4n) is 2.86. The summed E-state index contributed by atoms with van der Waals surface area (Å²) >= 11 is 1.54. The summed E-state index contributed by atoms with van der Waals surface area (Å²) in [6.45, 7) is 0.777. The number of aromatic nitrogens is 1. The van der Waals surface area contributed by atoms with E-state index >= 15 is 0 Å². The van der Waals surface area contributed by atoms with E-state index in [1.54, 1.807) is 12.0 Å². The van der Waals surface area contributed by atoms with Gasteiger partial charge in [-0.3, -0.25) is 4.79 Å². The van der Waals surface area contributed by atoms with Crippen molar-refractivity contribution in [1.82, 2.24) is 9.88 Å². The van der Waals surface area contributed by atoms with Crippen LogP contribution in [0.1, 0.15) is 18.5 Å². The summed E-state index contributed by atoms with van der Waals surface area (Å²) in [6, 6.07) is 7.70. The molecule has 2 heterocycles. The molecule has 122 valence electrons. The van der Waals surface area contributed by atoms with Crippen LogP contribution in [-0.4, -0.2) is 47.2 Å². The highest BCUT2D eigenvalue weighted by atomic mass is 32.1. The molecule has 1 saturated heterocycles. The molecule has 0 unspecified atom stereocenters. The van der Waals surface area contributed by atoms with E-state index in [2.05, 4.69) is 4.98 Å². The number of amides is 1. The molecule has 0 bridgehead atoms. The van der Waals surface area contributed by atoms with Gasteiger partial charge in [0.15, 0.2) is 0 Å². The van der Waals surface area contributed by atoms with Crippen molar-refractivity contribution >= 4 is 17.2 Å². The Hall–Kier alpha value is -1.92. The van der Waals surface area contributed by atoms with Gasteiger partial charge in [-0.15, -0.1) is 11.3 Å². The third-order valence-corrected chi connectivity index (χ3v) is 5.07. The molecule has 1 amide bonds. The average molecular weight is 332 g/mol. The predicted molar refractivity (Wildman–Crippen MR) is 89.6 cm³/mol. The second-order valence-corrected chi connectivity index (χ2v) is 6.47. The van der Waals surface area contributed by atoms with E-state index in [1.165, 1.54) is 11.3 Å². The highest BCUT2D eigenvalue weighted by Crippen LogP contribution is 2.26. The third kappa shape index (κ3) is 3.54. The van der Waals surface area contributed by atoms with Gasteiger partial charge in [-0.05, 0) is 37.1 Å². The van der Waals surface area contributed by atoms with E-state index in [9.17, 15) is 9.90 Å². The number of benzene rings is 1. The van der Waals surface area contributed by atoms with Crippen LogP contribution < -0.4 is 4.74 Å². The highest BCUT2D eigenvalue weighted by Gasteiger charge is 2.28. The maximum absolute atomic E-state index is 12.4. The number of aliphatic hydroxyl groups excluding tert-OH is 1. The molecule has 0 spiro atoms. The molecule has 1 aliphatic heterocycles. The molecule has 1 aromatic carbocycles. The quantitative estimate of drug-likeness (QED) is 0.913. The number of rotatable bonds is 5. The number of methoxy groups -OCH3 is 1. The molecule has 1 N–H and O–H groups in total. The lowest BCUT2D eigenvalue weighted by molar-refractivity contribution is -0.132. The van der Waals surface area contributed by atoms with Crippen molar-refractivity contribution in [2.24, 2.45) is 0 Å². The first-order valence-corrected chi connectivity index (χ1v) is 8.58. The molecule has 5 nitrogen and oxygen atoms in total. The standard InChI is InChI=1S/C17H20N2O3S/c1-22-15-6-4-12(5-7-15)17-18-13(11-23-17)9-16(21)19-8-2-3-14(19)10-20/h4-7,11,14,20H,2-3,8-10H2,1H3/t14-/m1/s1. The summed E-state index contributed by atoms with van der Waals surface area (Å²) in [5.41, 5.74) is 1.80. The Morgan fingerprint density at radius 2 is 2.22 bits per heavy atom. The lowest BCUT2D eigenvalue weighted by Crippen LogP contribution is -2.38. The molecule has 0 saturated carbocycles. The number of carbonyl (C=O) groups excluding carboxylic acids is 1. The van der Waals surface area contributed by atoms with Crippen molar-refractivity contribution < 1.29 is 14.6 Å². The second kappa shape index (κ2) is 7.10. The van der Waals surface area contributed by atoms with E-state index < -0.39 is 0 Å². The van der Waals surface area contributed by atoms with Gasteiger partial charge < -0.3 is 14.7 Å². The van der Waals surface area contributed by atoms with Crippen LogP contribution in [0.25, 0.3) is 10.6 Å². The summed E-state index contributed by atoms with van der Waals surface area (Å²) in [5.74, 6) is 0.859. The summed E-state index contributed by atoms with van der Waals surface area (Å²) in [6.07, 6.45) is 2.14. The molecular formula is C17H20N2O3S. The predicted octanol–water partition coefficient (Wildman–Crippen LogP) is 2.34. The number of nitrogens with zero attached hydrogens (tertiary/aromatic N) is 2. The van der Waals surface area contributed by atoms with Crippen molar-refractivity contribution in [1.29, 1.82) is 0 Å². The highest BCUT2D eigenvalue weighted by molar-refractivity contribution is 7.13. The van der Waals surface area contributed by atoms with E-state index in [1.807, 2.05) is 29.6 Å². The lowest BCUT2D eigenvalue weighted by atomic mass is 10.2. The Labute approximate surface area is 139 Å². The zero-order chi connectivity index (χ0) is 16.2. The number of hydrogen-bond donors (Lipinski definition) is 1. The third-order valence-electron chi connectivity index (χ3n) is 4.13. The zero-order valence-corrected chi connectivity index (χ0v) is 13.9. The second-order valence-electron chi connectivity index (χ2n) is 5.62. The van der Waals surface area contributed by atoms with Gasteiger partial charge in [0.1, 0.15) is 10.8 Å². The Balaban J connectivity index is 1.68. The minimum Gasteiger partial charge on any atom is -0.497 e. The molecular weight excluding hydrogens is 312 g/mol. The monoisotopic (exact) mass is 332 g/mol. The van der Waals surface area contributed by atoms with Crippen molar-refractivity contribution in [2.45, 2.75) is 25.3 Å². The maximum Gasteiger partial charge on any atom is 0.228 e. The minimum atomic E-state index is -0.0257. The van der Waals surface area contributed by atoms with Crippen LogP contribution in [0.2, 0.25) is 0 Å². The van der Waals surface area contributed by atoms with Crippen molar-refractivity contribution in [3.05, 3.63) is 35.3 Å². The van der Waals surface area contributed by atoms with Gasteiger partial charge in [0.25, 0.3) is 0 Å². The summed E-state index contributed by atoms with van der Waals surface area (Å²) < 4.78 is 5.15. The lowest BCUT2D eigenvalue weighted by Gasteiger charge is -2.22. The molecule has 0 aliphatic carbocycles. The SMILES string of the molecule is COc1ccc(-c2nc(CC(=O)N3CCC[C@@H]3CO)cs2)cc1. The smallest absolute Gasteiger partial charge is 0.228 e. The Morgan fingerprint density at radius 1 is 1.43 bits per heavy atom. The van der Waals surface area contributed by atoms with Crippen LogP contribution in [0.4, 0.5) is 0 Å². The molecule has 1 aromatic heterocycles. The number of aliphatic hydroxyl groups is 1. The van der Waals surface area contributed by atoms with E-state index in [0.29, 0.717) is 6.42 Å². The zero-order valence-electron chi connectivity index (χ0n) is 13.1. The van der Waals surface area contributed by atoms with Crippen LogP contribution in [0.5, 0.6) is 5.75 Å². The molecule has 1 atom stereocenters. The first-order valence-electron chi connectivity index (χ1n) is 7.70. The van der Waals surface area contributed by atoms with Crippen LogP contribution in [0.15, 0.2) is 29.6 Å². The number of carbonyl (C=O) groups is 1. The van der Waals surface area contributed by atoms with E-state index in [0.717, 1.165) is 41.4 Å². The van der Waals surface area contributed by atoms with Crippen molar-refractivity contribution in [2.75, 3.05) is 20.3 Å². The minimum absolute atomic E-state index is 0.0257. The molecule has 0 radical (unpaired) electrons. The summed E-state index contributed by atoms with van der Waals surface area (Å²) in [7, 11) is 1.64. The topological polar surface area (TPSA) is 62.7 Å². The molecule has 3 rings (SSSR count). The van der Waals surface area contributed by atoms with Gasteiger partial charge in [-0.2, -0.15) is 0 Å². The molecule has 23 heavy (non-hydrogen) atoms. The average Bonchev–Trinajstić information content (AvgIpc) is 3.23. The Kier molecular flexibility index (Phi) is 4.93. The normalized spacial score (nSPS) is 17.5. The summed E-state index contributed by atoms with van der Waals surface area (Å²) in [5, 5.41) is 12.2. The molecule has 1 aliphatic rings.